The molecule has 43 valence electrons. The Labute approximate surface area is 44.4 Å². The van der Waals surface area contributed by atoms with Crippen molar-refractivity contribution in [2.45, 2.75) is 26.4 Å². The maximum atomic E-state index is 4.62. The molecule has 0 rings (SSSR count). The van der Waals surface area contributed by atoms with Crippen molar-refractivity contribution in [3.8, 4) is 0 Å². The van der Waals surface area contributed by atoms with Crippen molar-refractivity contribution in [2.75, 3.05) is 0 Å². The lowest BCUT2D eigenvalue weighted by Crippen LogP contribution is -2.17. The highest BCUT2D eigenvalue weighted by Crippen LogP contribution is 2.05. The smallest absolute Gasteiger partial charge is 0.109 e. The lowest BCUT2D eigenvalue weighted by molar-refractivity contribution is -0.313. The van der Waals surface area contributed by atoms with Crippen LogP contribution in [-0.2, 0) is 9.78 Å². The molecule has 0 aliphatic carbocycles. The van der Waals surface area contributed by atoms with Gasteiger partial charge in [0.05, 0.1) is 5.60 Å². The normalized spacial score (nSPS) is 12.0. The Kier molecular flexibility index (Phi) is 2.26. The third-order valence-electron chi connectivity index (χ3n) is 0.309. The van der Waals surface area contributed by atoms with Gasteiger partial charge in [0.1, 0.15) is 7.11 Å². The minimum atomic E-state index is -0.234. The first-order valence-electron chi connectivity index (χ1n) is 2.16. The van der Waals surface area contributed by atoms with Gasteiger partial charge in [-0.15, -0.1) is 0 Å². The summed E-state index contributed by atoms with van der Waals surface area (Å²) >= 11 is 0. The summed E-state index contributed by atoms with van der Waals surface area (Å²) in [7, 11) is 3.05. The van der Waals surface area contributed by atoms with Gasteiger partial charge in [-0.05, 0) is 20.8 Å². The van der Waals surface area contributed by atoms with Gasteiger partial charge in [-0.1, -0.05) is 0 Å². The number of hydrogen-bond acceptors (Lipinski definition) is 2. The first kappa shape index (κ1) is 6.92. The quantitative estimate of drug-likeness (QED) is 0.370. The van der Waals surface area contributed by atoms with Gasteiger partial charge in [0, 0.05) is 0 Å². The van der Waals surface area contributed by atoms with Gasteiger partial charge in [0.25, 0.3) is 0 Å². The van der Waals surface area contributed by atoms with Crippen LogP contribution in [-0.4, -0.2) is 5.60 Å². The van der Waals surface area contributed by atoms with Gasteiger partial charge >= 0.3 is 0 Å². The van der Waals surface area contributed by atoms with E-state index in [1.165, 1.54) is 0 Å². The molecule has 0 atom stereocenters. The molecule has 0 aliphatic heterocycles. The van der Waals surface area contributed by atoms with E-state index in [1.807, 2.05) is 20.8 Å². The molecule has 0 aromatic rings. The monoisotopic (exact) mass is 103 g/mol. The molecule has 0 aromatic carbocycles. The summed E-state index contributed by atoms with van der Waals surface area (Å²) < 4.78 is 0. The molecule has 0 heterocycles. The van der Waals surface area contributed by atoms with Crippen molar-refractivity contribution in [3.05, 3.63) is 7.11 Å². The van der Waals surface area contributed by atoms with Crippen molar-refractivity contribution in [1.29, 1.82) is 0 Å². The lowest BCUT2D eigenvalue weighted by Gasteiger charge is -2.14. The standard InChI is InChI=1S/C5H11O2/c1-5(2,3)7-6-4/h4H2,1-3H3. The molecule has 0 aliphatic rings. The largest absolute Gasteiger partial charge is 0.234 e. The molecule has 0 fully saturated rings. The molecule has 0 spiro atoms. The highest BCUT2D eigenvalue weighted by molar-refractivity contribution is 4.54. The van der Waals surface area contributed by atoms with E-state index in [9.17, 15) is 0 Å². The molecule has 0 saturated heterocycles. The summed E-state index contributed by atoms with van der Waals surface area (Å²) in [6.45, 7) is 5.66. The van der Waals surface area contributed by atoms with Gasteiger partial charge in [-0.3, -0.25) is 0 Å². The first-order chi connectivity index (χ1) is 3.06. The molecule has 0 saturated carbocycles. The summed E-state index contributed by atoms with van der Waals surface area (Å²) in [5.41, 5.74) is -0.234. The van der Waals surface area contributed by atoms with Crippen LogP contribution in [0.5, 0.6) is 0 Å². The molecule has 7 heavy (non-hydrogen) atoms. The van der Waals surface area contributed by atoms with Crippen molar-refractivity contribution in [2.24, 2.45) is 0 Å². The second-order valence-corrected chi connectivity index (χ2v) is 2.31. The molecule has 0 unspecified atom stereocenters. The maximum absolute atomic E-state index is 4.62. The third-order valence-corrected chi connectivity index (χ3v) is 0.309. The van der Waals surface area contributed by atoms with Crippen molar-refractivity contribution in [1.82, 2.24) is 0 Å². The molecule has 0 bridgehead atoms. The lowest BCUT2D eigenvalue weighted by atomic mass is 10.2. The minimum absolute atomic E-state index is 0.234. The van der Waals surface area contributed by atoms with E-state index in [1.54, 1.807) is 0 Å². The molecule has 0 N–H and O–H groups in total. The van der Waals surface area contributed by atoms with Crippen LogP contribution in [0.25, 0.3) is 0 Å². The summed E-state index contributed by atoms with van der Waals surface area (Å²) in [6.07, 6.45) is 0. The predicted molar refractivity (Wildman–Crippen MR) is 27.3 cm³/mol. The van der Waals surface area contributed by atoms with Crippen LogP contribution in [0.1, 0.15) is 20.8 Å². The molecule has 0 amide bonds. The zero-order chi connectivity index (χ0) is 5.91. The average molecular weight is 103 g/mol. The Morgan fingerprint density at radius 3 is 1.71 bits per heavy atom. The van der Waals surface area contributed by atoms with E-state index in [-0.39, 0.29) is 5.60 Å². The maximum Gasteiger partial charge on any atom is 0.109 e. The van der Waals surface area contributed by atoms with Crippen LogP contribution in [0.4, 0.5) is 0 Å². The Morgan fingerprint density at radius 1 is 1.29 bits per heavy atom. The summed E-state index contributed by atoms with van der Waals surface area (Å²) in [5, 5.41) is 0. The van der Waals surface area contributed by atoms with Crippen LogP contribution < -0.4 is 0 Å². The molecule has 1 radical (unpaired) electrons. The second kappa shape index (κ2) is 2.28. The van der Waals surface area contributed by atoms with E-state index in [0.29, 0.717) is 0 Å². The fraction of sp³-hybridized carbons (Fsp3) is 0.800. The molecular formula is C5H11O2. The predicted octanol–water partition coefficient (Wildman–Crippen LogP) is 1.52. The number of hydrogen-bond donors (Lipinski definition) is 0. The van der Waals surface area contributed by atoms with Gasteiger partial charge < -0.3 is 0 Å². The van der Waals surface area contributed by atoms with Crippen LogP contribution in [0, 0.1) is 7.11 Å². The summed E-state index contributed by atoms with van der Waals surface area (Å²) in [6, 6.07) is 0. The van der Waals surface area contributed by atoms with Crippen LogP contribution in [0.2, 0.25) is 0 Å². The van der Waals surface area contributed by atoms with Crippen LogP contribution in [0.15, 0.2) is 0 Å². The van der Waals surface area contributed by atoms with Crippen molar-refractivity contribution >= 4 is 0 Å². The van der Waals surface area contributed by atoms with Gasteiger partial charge in [-0.25, -0.2) is 9.78 Å². The Morgan fingerprint density at radius 2 is 1.71 bits per heavy atom. The van der Waals surface area contributed by atoms with Gasteiger partial charge in [0.15, 0.2) is 0 Å². The van der Waals surface area contributed by atoms with Crippen LogP contribution >= 0.6 is 0 Å². The van der Waals surface area contributed by atoms with E-state index in [4.69, 9.17) is 0 Å². The van der Waals surface area contributed by atoms with E-state index in [2.05, 4.69) is 16.9 Å². The average Bonchev–Trinajstić information content (AvgIpc) is 1.30. The van der Waals surface area contributed by atoms with E-state index < -0.39 is 0 Å². The highest BCUT2D eigenvalue weighted by atomic mass is 17.2. The van der Waals surface area contributed by atoms with Crippen LogP contribution in [0.3, 0.4) is 0 Å². The molecular weight excluding hydrogens is 92.1 g/mol. The zero-order valence-electron chi connectivity index (χ0n) is 5.02. The fourth-order valence-electron chi connectivity index (χ4n) is 0.177. The summed E-state index contributed by atoms with van der Waals surface area (Å²) in [4.78, 5) is 8.77. The van der Waals surface area contributed by atoms with E-state index in [0.717, 1.165) is 0 Å². The molecule has 2 heteroatoms. The SMILES string of the molecule is [CH2]OOC(C)(C)C. The van der Waals surface area contributed by atoms with Gasteiger partial charge in [0.2, 0.25) is 0 Å². The third kappa shape index (κ3) is 5.92. The summed E-state index contributed by atoms with van der Waals surface area (Å²) in [5.74, 6) is 0. The first-order valence-corrected chi connectivity index (χ1v) is 2.16. The highest BCUT2D eigenvalue weighted by Gasteiger charge is 2.08. The van der Waals surface area contributed by atoms with E-state index >= 15 is 0 Å². The molecule has 0 aromatic heterocycles. The second-order valence-electron chi connectivity index (χ2n) is 2.31. The Bertz CT molecular complexity index is 44.5. The minimum Gasteiger partial charge on any atom is -0.234 e. The van der Waals surface area contributed by atoms with Crippen molar-refractivity contribution in [3.63, 3.8) is 0 Å². The zero-order valence-corrected chi connectivity index (χ0v) is 5.02. The van der Waals surface area contributed by atoms with Crippen molar-refractivity contribution < 1.29 is 9.78 Å². The Balaban J connectivity index is 3.15. The Hall–Kier alpha value is -0.0800. The van der Waals surface area contributed by atoms with Gasteiger partial charge in [-0.2, -0.15) is 0 Å². The molecule has 2 nitrogen and oxygen atoms in total. The number of rotatable bonds is 1. The topological polar surface area (TPSA) is 18.5 Å². The fourth-order valence-corrected chi connectivity index (χ4v) is 0.177.